The molecule has 13 rings (SSSR count). The van der Waals surface area contributed by atoms with Crippen molar-refractivity contribution in [2.24, 2.45) is 0 Å². The molecule has 6 heteroatoms. The highest BCUT2D eigenvalue weighted by Gasteiger charge is 2.42. The monoisotopic (exact) mass is 897 g/mol. The molecule has 3 aromatic heterocycles. The summed E-state index contributed by atoms with van der Waals surface area (Å²) in [4.78, 5) is 8.47. The van der Waals surface area contributed by atoms with Crippen molar-refractivity contribution in [2.75, 3.05) is 4.81 Å². The van der Waals surface area contributed by atoms with E-state index in [1.54, 1.807) is 0 Å². The second-order valence-electron chi connectivity index (χ2n) is 19.3. The smallest absolute Gasteiger partial charge is 0.354 e. The summed E-state index contributed by atoms with van der Waals surface area (Å²) in [6.45, 7) is 6.37. The van der Waals surface area contributed by atoms with E-state index < -0.39 is 6.98 Å². The molecule has 12 aromatic rings. The van der Waals surface area contributed by atoms with E-state index in [9.17, 15) is 0 Å². The Bertz CT molecular complexity index is 3900. The van der Waals surface area contributed by atoms with E-state index in [4.69, 9.17) is 4.98 Å². The first-order valence-corrected chi connectivity index (χ1v) is 24.2. The van der Waals surface area contributed by atoms with Crippen molar-refractivity contribution >= 4 is 56.8 Å². The zero-order valence-corrected chi connectivity index (χ0v) is 39.3. The Hall–Kier alpha value is -8.74. The van der Waals surface area contributed by atoms with E-state index in [0.717, 1.165) is 83.9 Å². The number of pyridine rings is 1. The van der Waals surface area contributed by atoms with Crippen molar-refractivity contribution in [3.8, 4) is 56.0 Å². The highest BCUT2D eigenvalue weighted by atomic mass is 15.3. The van der Waals surface area contributed by atoms with Crippen LogP contribution in [0.4, 0.5) is 11.5 Å². The number of para-hydroxylation sites is 5. The number of anilines is 2. The number of aromatic nitrogens is 4. The van der Waals surface area contributed by atoms with Gasteiger partial charge in [0.25, 0.3) is 0 Å². The SMILES string of the molecule is CC(C)(C)c1cc(N(B2c3ccccc3-c3ccccc3-c3ccccc3-c3cccc4c3[n+]2[c-]n4-c2ccccc2)c2ccccc2-c2ccccc2)nc(-n2c3ccccc3c3ccccc32)c1. The molecule has 9 aromatic carbocycles. The minimum Gasteiger partial charge on any atom is -0.354 e. The molecule has 0 radical (unpaired) electrons. The summed E-state index contributed by atoms with van der Waals surface area (Å²) < 4.78 is 7.01. The third-order valence-electron chi connectivity index (χ3n) is 14.1. The summed E-state index contributed by atoms with van der Waals surface area (Å²) in [5.74, 6) is 1.67. The number of nitrogens with zero attached hydrogens (tertiary/aromatic N) is 5. The second-order valence-corrected chi connectivity index (χ2v) is 19.3. The molecule has 0 saturated carbocycles. The fraction of sp³-hybridized carbons (Fsp3) is 0.0625. The highest BCUT2D eigenvalue weighted by molar-refractivity contribution is 6.72. The fourth-order valence-electron chi connectivity index (χ4n) is 10.9. The molecule has 5 nitrogen and oxygen atoms in total. The summed E-state index contributed by atoms with van der Waals surface area (Å²) in [6, 6.07) is 85.8. The van der Waals surface area contributed by atoms with Crippen LogP contribution in [0, 0.1) is 6.33 Å². The first-order valence-electron chi connectivity index (χ1n) is 24.2. The van der Waals surface area contributed by atoms with Crippen molar-refractivity contribution in [1.29, 1.82) is 0 Å². The van der Waals surface area contributed by atoms with Crippen LogP contribution in [0.15, 0.2) is 237 Å². The lowest BCUT2D eigenvalue weighted by molar-refractivity contribution is -0.511. The maximum Gasteiger partial charge on any atom is 0.525 e. The average Bonchev–Trinajstić information content (AvgIpc) is 3.97. The van der Waals surface area contributed by atoms with Gasteiger partial charge in [0.05, 0.1) is 27.8 Å². The number of rotatable bonds is 6. The first kappa shape index (κ1) is 41.5. The van der Waals surface area contributed by atoms with Crippen LogP contribution in [0.2, 0.25) is 0 Å². The molecule has 1 aliphatic rings. The van der Waals surface area contributed by atoms with Crippen LogP contribution in [0.5, 0.6) is 0 Å². The van der Waals surface area contributed by atoms with Crippen LogP contribution < -0.4 is 14.8 Å². The normalized spacial score (nSPS) is 12.2. The molecule has 0 spiro atoms. The number of imidazole rings is 1. The first-order chi connectivity index (χ1) is 34.4. The van der Waals surface area contributed by atoms with Gasteiger partial charge in [-0.25, -0.2) is 4.98 Å². The standard InChI is InChI=1S/C64H48BN5/c1-64(2,3)45-41-61(69-57-37-19-16-33-53(57)54-34-17-20-38-58(54)69)66-62(42-45)70(59-39-21-15-27-47(59)44-23-6-4-7-24-44)65-56-36-18-14-32-52(56)50-30-12-10-28-48(50)49-29-11-13-31-51(49)55-35-22-40-60-63(55)68(65)43-67(60)46-25-8-5-9-26-46/h4-42H,1-3H3. The van der Waals surface area contributed by atoms with E-state index in [-0.39, 0.29) is 5.41 Å². The van der Waals surface area contributed by atoms with E-state index >= 15 is 0 Å². The van der Waals surface area contributed by atoms with Crippen LogP contribution in [0.25, 0.3) is 88.9 Å². The van der Waals surface area contributed by atoms with E-state index in [1.165, 1.54) is 27.5 Å². The van der Waals surface area contributed by atoms with Crippen LogP contribution in [-0.2, 0) is 5.41 Å². The summed E-state index contributed by atoms with van der Waals surface area (Å²) in [5, 5.41) is 2.39. The van der Waals surface area contributed by atoms with Gasteiger partial charge >= 0.3 is 6.98 Å². The average molecular weight is 898 g/mol. The largest absolute Gasteiger partial charge is 0.525 e. The van der Waals surface area contributed by atoms with Crippen LogP contribution in [0.3, 0.4) is 0 Å². The number of hydrogen-bond acceptors (Lipinski definition) is 2. The maximum atomic E-state index is 5.97. The Morgan fingerprint density at radius 3 is 1.63 bits per heavy atom. The van der Waals surface area contributed by atoms with E-state index in [1.807, 2.05) is 0 Å². The van der Waals surface area contributed by atoms with Gasteiger partial charge in [-0.05, 0) is 80.3 Å². The van der Waals surface area contributed by atoms with Gasteiger partial charge in [0, 0.05) is 27.5 Å². The molecule has 70 heavy (non-hydrogen) atoms. The summed E-state index contributed by atoms with van der Waals surface area (Å²) in [5.41, 5.74) is 17.6. The van der Waals surface area contributed by atoms with Crippen molar-refractivity contribution < 1.29 is 4.48 Å². The van der Waals surface area contributed by atoms with Crippen LogP contribution in [-0.4, -0.2) is 21.1 Å². The van der Waals surface area contributed by atoms with Gasteiger partial charge in [-0.15, -0.1) is 0 Å². The van der Waals surface area contributed by atoms with Gasteiger partial charge in [-0.3, -0.25) is 4.57 Å². The third-order valence-corrected chi connectivity index (χ3v) is 14.1. The number of hydrogen-bond donors (Lipinski definition) is 0. The Morgan fingerprint density at radius 1 is 0.471 bits per heavy atom. The minimum atomic E-state index is -0.540. The maximum absolute atomic E-state index is 5.97. The quantitative estimate of drug-likeness (QED) is 0.123. The van der Waals surface area contributed by atoms with E-state index in [0.29, 0.717) is 0 Å². The molecule has 0 fully saturated rings. The molecule has 1 aliphatic heterocycles. The lowest BCUT2D eigenvalue weighted by Gasteiger charge is -2.34. The molecule has 0 bridgehead atoms. The zero-order chi connectivity index (χ0) is 46.9. The molecular formula is C64H48BN5. The van der Waals surface area contributed by atoms with Gasteiger partial charge in [0.2, 0.25) is 6.33 Å². The lowest BCUT2D eigenvalue weighted by atomic mass is 9.61. The second kappa shape index (κ2) is 16.5. The van der Waals surface area contributed by atoms with Crippen LogP contribution >= 0.6 is 0 Å². The van der Waals surface area contributed by atoms with Crippen molar-refractivity contribution in [2.45, 2.75) is 26.2 Å². The van der Waals surface area contributed by atoms with Crippen LogP contribution in [0.1, 0.15) is 26.3 Å². The highest BCUT2D eigenvalue weighted by Crippen LogP contribution is 2.44. The van der Waals surface area contributed by atoms with E-state index in [2.05, 4.69) is 282 Å². The molecule has 0 atom stereocenters. The molecule has 0 unspecified atom stereocenters. The van der Waals surface area contributed by atoms with Crippen molar-refractivity contribution in [1.82, 2.24) is 14.1 Å². The molecule has 0 saturated heterocycles. The number of benzene rings is 9. The molecule has 0 amide bonds. The Labute approximate surface area is 409 Å². The molecule has 0 aliphatic carbocycles. The third kappa shape index (κ3) is 6.70. The van der Waals surface area contributed by atoms with Crippen molar-refractivity contribution in [3.63, 3.8) is 0 Å². The van der Waals surface area contributed by atoms with Gasteiger partial charge in [0.1, 0.15) is 11.6 Å². The summed E-state index contributed by atoms with van der Waals surface area (Å²) in [6.07, 6.45) is 4.08. The Kier molecular flexibility index (Phi) is 9.77. The topological polar surface area (TPSA) is 29.9 Å². The molecule has 4 heterocycles. The molecule has 0 N–H and O–H groups in total. The van der Waals surface area contributed by atoms with Crippen molar-refractivity contribution in [3.05, 3.63) is 248 Å². The summed E-state index contributed by atoms with van der Waals surface area (Å²) in [7, 11) is 0. The predicted molar refractivity (Wildman–Crippen MR) is 291 cm³/mol. The summed E-state index contributed by atoms with van der Waals surface area (Å²) >= 11 is 0. The lowest BCUT2D eigenvalue weighted by Crippen LogP contribution is -2.68. The van der Waals surface area contributed by atoms with Gasteiger partial charge in [0.15, 0.2) is 0 Å². The predicted octanol–water partition coefficient (Wildman–Crippen LogP) is 14.6. The Morgan fingerprint density at radius 2 is 0.971 bits per heavy atom. The Balaban J connectivity index is 1.22. The zero-order valence-electron chi connectivity index (χ0n) is 39.3. The number of fused-ring (bicyclic) bond motifs is 9. The van der Waals surface area contributed by atoms with Gasteiger partial charge < -0.3 is 13.9 Å². The van der Waals surface area contributed by atoms with Gasteiger partial charge in [-0.1, -0.05) is 227 Å². The molecule has 332 valence electrons. The van der Waals surface area contributed by atoms with Gasteiger partial charge in [-0.2, -0.15) is 0 Å². The minimum absolute atomic E-state index is 0.248. The molecular weight excluding hydrogens is 850 g/mol. The fourth-order valence-corrected chi connectivity index (χ4v) is 10.9.